The number of methoxy groups -OCH3 is 1. The van der Waals surface area contributed by atoms with Gasteiger partial charge in [-0.1, -0.05) is 12.1 Å². The third-order valence-corrected chi connectivity index (χ3v) is 2.95. The highest BCUT2D eigenvalue weighted by Gasteiger charge is 2.28. The molecule has 1 rings (SSSR count). The number of nitrogens with two attached hydrogens (primary N) is 1. The van der Waals surface area contributed by atoms with E-state index in [1.165, 1.54) is 7.11 Å². The van der Waals surface area contributed by atoms with Crippen molar-refractivity contribution in [3.63, 3.8) is 0 Å². The summed E-state index contributed by atoms with van der Waals surface area (Å²) in [6, 6.07) is 5.36. The van der Waals surface area contributed by atoms with E-state index in [2.05, 4.69) is 4.74 Å². The molecule has 0 saturated heterocycles. The highest BCUT2D eigenvalue weighted by Crippen LogP contribution is 2.26. The van der Waals surface area contributed by atoms with Crippen LogP contribution in [0.25, 0.3) is 0 Å². The second-order valence-electron chi connectivity index (χ2n) is 5.46. The summed E-state index contributed by atoms with van der Waals surface area (Å²) >= 11 is 0. The van der Waals surface area contributed by atoms with Gasteiger partial charge in [0.15, 0.2) is 0 Å². The van der Waals surface area contributed by atoms with Gasteiger partial charge in [-0.3, -0.25) is 4.79 Å². The summed E-state index contributed by atoms with van der Waals surface area (Å²) in [6.07, 6.45) is 0.396. The third kappa shape index (κ3) is 4.56. The van der Waals surface area contributed by atoms with Crippen LogP contribution in [-0.4, -0.2) is 24.7 Å². The summed E-state index contributed by atoms with van der Waals surface area (Å²) in [4.78, 5) is 11.4. The maximum absolute atomic E-state index is 11.4. The van der Waals surface area contributed by atoms with E-state index < -0.39 is 17.6 Å². The van der Waals surface area contributed by atoms with Crippen LogP contribution in [-0.2, 0) is 9.53 Å². The van der Waals surface area contributed by atoms with Crippen molar-refractivity contribution in [3.05, 3.63) is 29.3 Å². The Hall–Kier alpha value is -1.55. The number of carbonyl (C=O) groups is 1. The molecule has 106 valence electrons. The molecule has 0 aliphatic carbocycles. The van der Waals surface area contributed by atoms with Crippen molar-refractivity contribution in [3.8, 4) is 5.75 Å². The van der Waals surface area contributed by atoms with E-state index in [0.29, 0.717) is 6.42 Å². The highest BCUT2D eigenvalue weighted by molar-refractivity contribution is 5.75. The van der Waals surface area contributed by atoms with Crippen LogP contribution in [0.4, 0.5) is 0 Å². The van der Waals surface area contributed by atoms with Gasteiger partial charge in [0.05, 0.1) is 7.11 Å². The van der Waals surface area contributed by atoms with Crippen LogP contribution in [0.1, 0.15) is 31.4 Å². The summed E-state index contributed by atoms with van der Waals surface area (Å²) < 4.78 is 10.6. The standard InChI is InChI=1S/C15H23NO3/c1-10-6-7-11(2)13(8-10)19-15(3,4)9-12(16)14(17)18-5/h6-8,12H,9,16H2,1-5H3. The first-order valence-corrected chi connectivity index (χ1v) is 6.35. The first-order valence-electron chi connectivity index (χ1n) is 6.35. The number of rotatable bonds is 5. The van der Waals surface area contributed by atoms with Gasteiger partial charge in [-0.15, -0.1) is 0 Å². The molecular formula is C15H23NO3. The molecule has 1 unspecified atom stereocenters. The second kappa shape index (κ2) is 6.06. The summed E-state index contributed by atoms with van der Waals surface area (Å²) in [5.41, 5.74) is 7.44. The van der Waals surface area contributed by atoms with Gasteiger partial charge in [0.25, 0.3) is 0 Å². The zero-order chi connectivity index (χ0) is 14.6. The van der Waals surface area contributed by atoms with Crippen LogP contribution in [0.5, 0.6) is 5.75 Å². The van der Waals surface area contributed by atoms with Gasteiger partial charge in [0.1, 0.15) is 17.4 Å². The predicted molar refractivity (Wildman–Crippen MR) is 75.2 cm³/mol. The molecule has 1 aromatic rings. The van der Waals surface area contributed by atoms with E-state index in [-0.39, 0.29) is 0 Å². The molecule has 0 heterocycles. The molecule has 4 heteroatoms. The molecule has 4 nitrogen and oxygen atoms in total. The van der Waals surface area contributed by atoms with Crippen LogP contribution < -0.4 is 10.5 Å². The lowest BCUT2D eigenvalue weighted by Crippen LogP contribution is -2.41. The minimum absolute atomic E-state index is 0.396. The van der Waals surface area contributed by atoms with Gasteiger partial charge in [0, 0.05) is 6.42 Å². The monoisotopic (exact) mass is 265 g/mol. The average molecular weight is 265 g/mol. The van der Waals surface area contributed by atoms with Crippen molar-refractivity contribution in [1.29, 1.82) is 0 Å². The number of hydrogen-bond acceptors (Lipinski definition) is 4. The number of benzene rings is 1. The summed E-state index contributed by atoms with van der Waals surface area (Å²) in [6.45, 7) is 7.83. The summed E-state index contributed by atoms with van der Waals surface area (Å²) in [5.74, 6) is 0.403. The van der Waals surface area contributed by atoms with E-state index in [9.17, 15) is 4.79 Å². The Morgan fingerprint density at radius 2 is 2.00 bits per heavy atom. The molecule has 19 heavy (non-hydrogen) atoms. The Labute approximate surface area is 114 Å². The molecule has 0 saturated carbocycles. The predicted octanol–water partition coefficient (Wildman–Crippen LogP) is 2.35. The number of hydrogen-bond donors (Lipinski definition) is 1. The molecule has 1 atom stereocenters. The van der Waals surface area contributed by atoms with Gasteiger partial charge in [-0.2, -0.15) is 0 Å². The smallest absolute Gasteiger partial charge is 0.322 e. The van der Waals surface area contributed by atoms with Crippen molar-refractivity contribution in [2.75, 3.05) is 7.11 Å². The Morgan fingerprint density at radius 3 is 2.58 bits per heavy atom. The molecule has 1 aromatic carbocycles. The second-order valence-corrected chi connectivity index (χ2v) is 5.46. The lowest BCUT2D eigenvalue weighted by atomic mass is 9.99. The van der Waals surface area contributed by atoms with E-state index in [4.69, 9.17) is 10.5 Å². The fourth-order valence-electron chi connectivity index (χ4n) is 1.92. The largest absolute Gasteiger partial charge is 0.488 e. The molecule has 0 aliphatic heterocycles. The first kappa shape index (κ1) is 15.5. The van der Waals surface area contributed by atoms with Crippen LogP contribution in [0.2, 0.25) is 0 Å². The minimum atomic E-state index is -0.676. The number of esters is 1. The molecule has 2 N–H and O–H groups in total. The zero-order valence-electron chi connectivity index (χ0n) is 12.3. The van der Waals surface area contributed by atoms with Gasteiger partial charge in [-0.25, -0.2) is 0 Å². The van der Waals surface area contributed by atoms with Gasteiger partial charge < -0.3 is 15.2 Å². The minimum Gasteiger partial charge on any atom is -0.488 e. The molecule has 0 bridgehead atoms. The third-order valence-electron chi connectivity index (χ3n) is 2.95. The number of carbonyl (C=O) groups excluding carboxylic acids is 1. The van der Waals surface area contributed by atoms with Crippen molar-refractivity contribution < 1.29 is 14.3 Å². The topological polar surface area (TPSA) is 61.5 Å². The molecule has 0 aliphatic rings. The molecule has 0 fully saturated rings. The van der Waals surface area contributed by atoms with Gasteiger partial charge in [-0.05, 0) is 44.9 Å². The van der Waals surface area contributed by atoms with Crippen molar-refractivity contribution >= 4 is 5.97 Å². The fraction of sp³-hybridized carbons (Fsp3) is 0.533. The maximum Gasteiger partial charge on any atom is 0.322 e. The quantitative estimate of drug-likeness (QED) is 0.830. The number of aryl methyl sites for hydroxylation is 2. The molecule has 0 aromatic heterocycles. The van der Waals surface area contributed by atoms with E-state index in [1.807, 2.05) is 45.9 Å². The Kier molecular flexibility index (Phi) is 4.95. The van der Waals surface area contributed by atoms with Crippen LogP contribution in [0, 0.1) is 13.8 Å². The Balaban J connectivity index is 2.78. The SMILES string of the molecule is COC(=O)C(N)CC(C)(C)Oc1cc(C)ccc1C. The van der Waals surface area contributed by atoms with Gasteiger partial charge in [0.2, 0.25) is 0 Å². The summed E-state index contributed by atoms with van der Waals surface area (Å²) in [7, 11) is 1.33. The maximum atomic E-state index is 11.4. The molecule has 0 amide bonds. The highest BCUT2D eigenvalue weighted by atomic mass is 16.5. The fourth-order valence-corrected chi connectivity index (χ4v) is 1.92. The normalized spacial score (nSPS) is 12.9. The zero-order valence-corrected chi connectivity index (χ0v) is 12.3. The molecule has 0 spiro atoms. The average Bonchev–Trinajstić information content (AvgIpc) is 2.31. The van der Waals surface area contributed by atoms with Crippen LogP contribution in [0.15, 0.2) is 18.2 Å². The van der Waals surface area contributed by atoms with Crippen LogP contribution >= 0.6 is 0 Å². The lowest BCUT2D eigenvalue weighted by Gasteiger charge is -2.29. The summed E-state index contributed by atoms with van der Waals surface area (Å²) in [5, 5.41) is 0. The lowest BCUT2D eigenvalue weighted by molar-refractivity contribution is -0.143. The van der Waals surface area contributed by atoms with Crippen molar-refractivity contribution in [1.82, 2.24) is 0 Å². The molecular weight excluding hydrogens is 242 g/mol. The van der Waals surface area contributed by atoms with Gasteiger partial charge >= 0.3 is 5.97 Å². The van der Waals surface area contributed by atoms with Crippen molar-refractivity contribution in [2.24, 2.45) is 5.73 Å². The number of ether oxygens (including phenoxy) is 2. The van der Waals surface area contributed by atoms with E-state index >= 15 is 0 Å². The van der Waals surface area contributed by atoms with E-state index in [0.717, 1.165) is 16.9 Å². The Morgan fingerprint density at radius 1 is 1.37 bits per heavy atom. The van der Waals surface area contributed by atoms with Crippen molar-refractivity contribution in [2.45, 2.75) is 45.8 Å². The Bertz CT molecular complexity index is 455. The van der Waals surface area contributed by atoms with Crippen LogP contribution in [0.3, 0.4) is 0 Å². The first-order chi connectivity index (χ1) is 8.75. The molecule has 0 radical (unpaired) electrons. The van der Waals surface area contributed by atoms with E-state index in [1.54, 1.807) is 0 Å².